The summed E-state index contributed by atoms with van der Waals surface area (Å²) in [5, 5.41) is 0. The van der Waals surface area contributed by atoms with Gasteiger partial charge in [-0.05, 0) is 43.4 Å². The fraction of sp³-hybridized carbons (Fsp3) is 0.533. The van der Waals surface area contributed by atoms with E-state index in [-0.39, 0.29) is 5.54 Å². The van der Waals surface area contributed by atoms with Gasteiger partial charge in [-0.25, -0.2) is 4.79 Å². The van der Waals surface area contributed by atoms with Crippen LogP contribution in [0.15, 0.2) is 23.2 Å². The highest BCUT2D eigenvalue weighted by Gasteiger charge is 2.48. The summed E-state index contributed by atoms with van der Waals surface area (Å²) in [6.07, 6.45) is 7.70. The van der Waals surface area contributed by atoms with Gasteiger partial charge in [0.05, 0.1) is 5.54 Å². The van der Waals surface area contributed by atoms with Crippen LogP contribution in [0.3, 0.4) is 0 Å². The normalized spacial score (nSPS) is 24.2. The number of hydrogen-bond acceptors (Lipinski definition) is 4. The molecule has 2 aliphatic carbocycles. The van der Waals surface area contributed by atoms with Gasteiger partial charge in [0.1, 0.15) is 0 Å². The summed E-state index contributed by atoms with van der Waals surface area (Å²) in [5.41, 5.74) is 0.677. The monoisotopic (exact) mass is 257 g/mol. The van der Waals surface area contributed by atoms with Crippen LogP contribution in [0.4, 0.5) is 0 Å². The van der Waals surface area contributed by atoms with Crippen molar-refractivity contribution >= 4 is 6.08 Å². The minimum Gasteiger partial charge on any atom is -0.448 e. The van der Waals surface area contributed by atoms with Crippen LogP contribution in [-0.4, -0.2) is 11.9 Å². The number of ether oxygens (including phenoxy) is 2. The van der Waals surface area contributed by atoms with Crippen LogP contribution >= 0.6 is 0 Å². The summed E-state index contributed by atoms with van der Waals surface area (Å²) >= 11 is 0. The first-order valence-corrected chi connectivity index (χ1v) is 6.87. The van der Waals surface area contributed by atoms with Crippen LogP contribution in [0.25, 0.3) is 0 Å². The van der Waals surface area contributed by atoms with Crippen molar-refractivity contribution in [3.05, 3.63) is 23.8 Å². The zero-order valence-corrected chi connectivity index (χ0v) is 10.6. The fourth-order valence-electron chi connectivity index (χ4n) is 3.12. The lowest BCUT2D eigenvalue weighted by Gasteiger charge is -2.37. The van der Waals surface area contributed by atoms with Crippen molar-refractivity contribution in [1.82, 2.24) is 0 Å². The molecule has 19 heavy (non-hydrogen) atoms. The molecule has 0 atom stereocenters. The molecule has 3 aliphatic rings. The molecule has 1 heterocycles. The van der Waals surface area contributed by atoms with E-state index in [4.69, 9.17) is 9.47 Å². The largest absolute Gasteiger partial charge is 0.448 e. The van der Waals surface area contributed by atoms with Crippen LogP contribution in [0.5, 0.6) is 11.5 Å². The van der Waals surface area contributed by atoms with E-state index in [1.165, 1.54) is 0 Å². The summed E-state index contributed by atoms with van der Waals surface area (Å²) < 4.78 is 11.8. The molecule has 0 unspecified atom stereocenters. The van der Waals surface area contributed by atoms with Gasteiger partial charge in [0.15, 0.2) is 11.5 Å². The lowest BCUT2D eigenvalue weighted by Crippen LogP contribution is -2.45. The molecule has 4 nitrogen and oxygen atoms in total. The molecule has 1 aromatic rings. The van der Waals surface area contributed by atoms with Crippen molar-refractivity contribution in [3.63, 3.8) is 0 Å². The van der Waals surface area contributed by atoms with E-state index in [1.54, 1.807) is 6.08 Å². The highest BCUT2D eigenvalue weighted by molar-refractivity contribution is 5.49. The highest BCUT2D eigenvalue weighted by Crippen LogP contribution is 2.51. The Morgan fingerprint density at radius 3 is 2.37 bits per heavy atom. The maximum absolute atomic E-state index is 10.6. The number of nitrogens with zero attached hydrogens (tertiary/aromatic N) is 1. The van der Waals surface area contributed by atoms with Crippen molar-refractivity contribution < 1.29 is 14.3 Å². The highest BCUT2D eigenvalue weighted by atomic mass is 16.7. The topological polar surface area (TPSA) is 47.9 Å². The Bertz CT molecular complexity index is 581. The van der Waals surface area contributed by atoms with E-state index in [0.717, 1.165) is 55.6 Å². The summed E-state index contributed by atoms with van der Waals surface area (Å²) in [6, 6.07) is 5.93. The fourth-order valence-corrected chi connectivity index (χ4v) is 3.12. The lowest BCUT2D eigenvalue weighted by molar-refractivity contribution is -0.138. The Kier molecular flexibility index (Phi) is 2.10. The van der Waals surface area contributed by atoms with E-state index < -0.39 is 5.79 Å². The number of rotatable bonds is 2. The molecule has 1 aromatic carbocycles. The molecule has 4 heteroatoms. The second-order valence-electron chi connectivity index (χ2n) is 5.72. The average molecular weight is 257 g/mol. The number of benzene rings is 1. The molecule has 1 aliphatic heterocycles. The SMILES string of the molecule is O=C=NC1(c2ccc3c(c2)OC2(CCC2)O3)CCC1. The van der Waals surface area contributed by atoms with E-state index in [0.29, 0.717) is 0 Å². The second-order valence-corrected chi connectivity index (χ2v) is 5.72. The Balaban J connectivity index is 1.70. The molecule has 2 saturated carbocycles. The van der Waals surface area contributed by atoms with Gasteiger partial charge in [0.2, 0.25) is 6.08 Å². The molecule has 0 radical (unpaired) electrons. The van der Waals surface area contributed by atoms with Gasteiger partial charge in [-0.3, -0.25) is 0 Å². The van der Waals surface area contributed by atoms with Crippen LogP contribution in [0, 0.1) is 0 Å². The van der Waals surface area contributed by atoms with Crippen molar-refractivity contribution in [3.8, 4) is 11.5 Å². The van der Waals surface area contributed by atoms with Gasteiger partial charge in [-0.1, -0.05) is 6.07 Å². The van der Waals surface area contributed by atoms with Crippen molar-refractivity contribution in [2.75, 3.05) is 0 Å². The lowest BCUT2D eigenvalue weighted by atomic mass is 9.72. The average Bonchev–Trinajstić information content (AvgIpc) is 2.72. The molecular formula is C15H15NO3. The van der Waals surface area contributed by atoms with E-state index in [2.05, 4.69) is 4.99 Å². The third-order valence-corrected chi connectivity index (χ3v) is 4.63. The summed E-state index contributed by atoms with van der Waals surface area (Å²) in [7, 11) is 0. The first kappa shape index (κ1) is 11.1. The zero-order chi connectivity index (χ0) is 12.9. The molecule has 1 spiro atoms. The van der Waals surface area contributed by atoms with Crippen molar-refractivity contribution in [1.29, 1.82) is 0 Å². The van der Waals surface area contributed by atoms with E-state index >= 15 is 0 Å². The number of fused-ring (bicyclic) bond motifs is 1. The standard InChI is InChI=1S/C15H15NO3/c17-10-16-14(5-1-6-14)11-3-4-12-13(9-11)19-15(18-12)7-2-8-15/h3-4,9H,1-2,5-8H2. The first-order valence-electron chi connectivity index (χ1n) is 6.87. The molecule has 0 N–H and O–H groups in total. The quantitative estimate of drug-likeness (QED) is 0.604. The Hall–Kier alpha value is -1.80. The Labute approximate surface area is 111 Å². The van der Waals surface area contributed by atoms with E-state index in [1.807, 2.05) is 18.2 Å². The summed E-state index contributed by atoms with van der Waals surface area (Å²) in [5.74, 6) is 1.21. The van der Waals surface area contributed by atoms with Crippen molar-refractivity contribution in [2.24, 2.45) is 4.99 Å². The van der Waals surface area contributed by atoms with E-state index in [9.17, 15) is 4.79 Å². The van der Waals surface area contributed by atoms with Gasteiger partial charge in [-0.15, -0.1) is 0 Å². The number of hydrogen-bond donors (Lipinski definition) is 0. The van der Waals surface area contributed by atoms with Crippen LogP contribution in [-0.2, 0) is 10.3 Å². The summed E-state index contributed by atoms with van der Waals surface area (Å²) in [6.45, 7) is 0. The maximum Gasteiger partial charge on any atom is 0.251 e. The molecule has 4 rings (SSSR count). The maximum atomic E-state index is 10.6. The zero-order valence-electron chi connectivity index (χ0n) is 10.6. The minimum absolute atomic E-state index is 0.366. The molecule has 0 bridgehead atoms. The molecule has 0 amide bonds. The first-order chi connectivity index (χ1) is 9.25. The summed E-state index contributed by atoms with van der Waals surface area (Å²) in [4.78, 5) is 14.7. The van der Waals surface area contributed by atoms with Gasteiger partial charge >= 0.3 is 0 Å². The molecule has 98 valence electrons. The predicted octanol–water partition coefficient (Wildman–Crippen LogP) is 3.05. The van der Waals surface area contributed by atoms with Gasteiger partial charge in [-0.2, -0.15) is 4.99 Å². The number of carbonyl (C=O) groups excluding carboxylic acids is 1. The van der Waals surface area contributed by atoms with Crippen LogP contribution < -0.4 is 9.47 Å². The molecule has 2 fully saturated rings. The number of aliphatic imine (C=N–C) groups is 1. The van der Waals surface area contributed by atoms with Crippen LogP contribution in [0.1, 0.15) is 44.1 Å². The molecule has 0 aromatic heterocycles. The third-order valence-electron chi connectivity index (χ3n) is 4.63. The Morgan fingerprint density at radius 2 is 1.79 bits per heavy atom. The smallest absolute Gasteiger partial charge is 0.251 e. The van der Waals surface area contributed by atoms with Gasteiger partial charge < -0.3 is 9.47 Å². The molecular weight excluding hydrogens is 242 g/mol. The van der Waals surface area contributed by atoms with Gasteiger partial charge in [0, 0.05) is 12.8 Å². The van der Waals surface area contributed by atoms with Crippen LogP contribution in [0.2, 0.25) is 0 Å². The van der Waals surface area contributed by atoms with Crippen molar-refractivity contribution in [2.45, 2.75) is 49.9 Å². The third kappa shape index (κ3) is 1.47. The minimum atomic E-state index is -0.401. The predicted molar refractivity (Wildman–Crippen MR) is 67.9 cm³/mol. The number of isocyanates is 1. The van der Waals surface area contributed by atoms with Gasteiger partial charge in [0.25, 0.3) is 5.79 Å². The Morgan fingerprint density at radius 1 is 1.05 bits per heavy atom. The second kappa shape index (κ2) is 3.61. The molecule has 0 saturated heterocycles.